The van der Waals surface area contributed by atoms with E-state index in [-0.39, 0.29) is 17.7 Å². The average molecular weight is 358 g/mol. The minimum absolute atomic E-state index is 0.0765. The number of nitrogens with one attached hydrogen (secondary N) is 2. The van der Waals surface area contributed by atoms with E-state index in [0.29, 0.717) is 30.7 Å². The number of hydrogen-bond acceptors (Lipinski definition) is 3. The molecule has 0 spiro atoms. The van der Waals surface area contributed by atoms with E-state index in [1.807, 2.05) is 0 Å². The molecule has 1 aromatic rings. The Bertz CT molecular complexity index is 608. The number of anilines is 1. The molecule has 5 heteroatoms. The molecule has 0 aromatic heterocycles. The van der Waals surface area contributed by atoms with E-state index in [2.05, 4.69) is 17.6 Å². The zero-order valence-corrected chi connectivity index (χ0v) is 15.6. The molecule has 2 aliphatic rings. The van der Waals surface area contributed by atoms with Crippen LogP contribution in [0.1, 0.15) is 62.2 Å². The molecule has 2 N–H and O–H groups in total. The van der Waals surface area contributed by atoms with Crippen LogP contribution < -0.4 is 10.6 Å². The van der Waals surface area contributed by atoms with E-state index in [1.165, 1.54) is 32.1 Å². The van der Waals surface area contributed by atoms with Gasteiger partial charge in [0.15, 0.2) is 0 Å². The summed E-state index contributed by atoms with van der Waals surface area (Å²) in [6.45, 7) is 3.40. The largest absolute Gasteiger partial charge is 0.378 e. The second-order valence-corrected chi connectivity index (χ2v) is 7.63. The van der Waals surface area contributed by atoms with Gasteiger partial charge < -0.3 is 15.4 Å². The maximum absolute atomic E-state index is 12.2. The Balaban J connectivity index is 1.33. The number of amides is 2. The molecule has 142 valence electrons. The molecule has 5 nitrogen and oxygen atoms in total. The average Bonchev–Trinajstić information content (AvgIpc) is 3.40. The van der Waals surface area contributed by atoms with Crippen molar-refractivity contribution >= 4 is 17.5 Å². The first-order chi connectivity index (χ1) is 12.6. The SMILES string of the molecule is C[C@@H]1C[C@@H]1C(=O)Nc1ccc(C(=O)NCCCOC2CCCCC2)cc1. The van der Waals surface area contributed by atoms with E-state index >= 15 is 0 Å². The molecule has 2 atom stereocenters. The number of carbonyl (C=O) groups excluding carboxylic acids is 2. The predicted octanol–water partition coefficient (Wildman–Crippen LogP) is 3.75. The molecule has 3 rings (SSSR count). The second-order valence-electron chi connectivity index (χ2n) is 7.63. The van der Waals surface area contributed by atoms with Gasteiger partial charge in [0.2, 0.25) is 5.91 Å². The van der Waals surface area contributed by atoms with Crippen molar-refractivity contribution in [1.82, 2.24) is 5.32 Å². The van der Waals surface area contributed by atoms with Crippen LogP contribution in [0.5, 0.6) is 0 Å². The maximum Gasteiger partial charge on any atom is 0.251 e. The fraction of sp³-hybridized carbons (Fsp3) is 0.619. The smallest absolute Gasteiger partial charge is 0.251 e. The van der Waals surface area contributed by atoms with E-state index in [9.17, 15) is 9.59 Å². The van der Waals surface area contributed by atoms with Gasteiger partial charge in [-0.25, -0.2) is 0 Å². The minimum Gasteiger partial charge on any atom is -0.378 e. The number of carbonyl (C=O) groups is 2. The van der Waals surface area contributed by atoms with Gasteiger partial charge in [0.05, 0.1) is 6.10 Å². The zero-order chi connectivity index (χ0) is 18.4. The van der Waals surface area contributed by atoms with Crippen molar-refractivity contribution in [2.45, 2.75) is 58.0 Å². The molecule has 2 amide bonds. The van der Waals surface area contributed by atoms with Crippen LogP contribution in [0.2, 0.25) is 0 Å². The van der Waals surface area contributed by atoms with E-state index in [0.717, 1.165) is 18.5 Å². The van der Waals surface area contributed by atoms with Gasteiger partial charge in [-0.05, 0) is 55.9 Å². The summed E-state index contributed by atoms with van der Waals surface area (Å²) in [7, 11) is 0. The summed E-state index contributed by atoms with van der Waals surface area (Å²) >= 11 is 0. The van der Waals surface area contributed by atoms with Crippen LogP contribution in [0, 0.1) is 11.8 Å². The van der Waals surface area contributed by atoms with Gasteiger partial charge in [-0.15, -0.1) is 0 Å². The van der Waals surface area contributed by atoms with Gasteiger partial charge in [0.25, 0.3) is 5.91 Å². The molecule has 0 aliphatic heterocycles. The fourth-order valence-electron chi connectivity index (χ4n) is 3.49. The molecule has 26 heavy (non-hydrogen) atoms. The Morgan fingerprint density at radius 2 is 1.81 bits per heavy atom. The summed E-state index contributed by atoms with van der Waals surface area (Å²) in [4.78, 5) is 24.1. The Labute approximate surface area is 155 Å². The number of hydrogen-bond donors (Lipinski definition) is 2. The topological polar surface area (TPSA) is 67.4 Å². The highest BCUT2D eigenvalue weighted by atomic mass is 16.5. The quantitative estimate of drug-likeness (QED) is 0.696. The van der Waals surface area contributed by atoms with Crippen LogP contribution in [0.3, 0.4) is 0 Å². The maximum atomic E-state index is 12.2. The molecule has 0 saturated heterocycles. The Kier molecular flexibility index (Phi) is 6.67. The number of rotatable bonds is 8. The summed E-state index contributed by atoms with van der Waals surface area (Å²) < 4.78 is 5.86. The van der Waals surface area contributed by atoms with Crippen LogP contribution in [-0.2, 0) is 9.53 Å². The lowest BCUT2D eigenvalue weighted by Crippen LogP contribution is -2.26. The van der Waals surface area contributed by atoms with Gasteiger partial charge in [0, 0.05) is 30.3 Å². The molecular weight excluding hydrogens is 328 g/mol. The van der Waals surface area contributed by atoms with Crippen molar-refractivity contribution in [3.8, 4) is 0 Å². The first kappa shape index (κ1) is 18.9. The lowest BCUT2D eigenvalue weighted by Gasteiger charge is -2.21. The van der Waals surface area contributed by atoms with Crippen molar-refractivity contribution in [2.24, 2.45) is 11.8 Å². The summed E-state index contributed by atoms with van der Waals surface area (Å²) in [5.41, 5.74) is 1.35. The third-order valence-corrected chi connectivity index (χ3v) is 5.37. The lowest BCUT2D eigenvalue weighted by molar-refractivity contribution is -0.117. The van der Waals surface area contributed by atoms with Gasteiger partial charge >= 0.3 is 0 Å². The Hall–Kier alpha value is -1.88. The molecule has 2 aliphatic carbocycles. The lowest BCUT2D eigenvalue weighted by atomic mass is 9.98. The first-order valence-electron chi connectivity index (χ1n) is 9.94. The molecule has 0 heterocycles. The highest BCUT2D eigenvalue weighted by molar-refractivity contribution is 5.96. The Morgan fingerprint density at radius 1 is 1.12 bits per heavy atom. The van der Waals surface area contributed by atoms with E-state index < -0.39 is 0 Å². The molecular formula is C21H30N2O3. The van der Waals surface area contributed by atoms with Gasteiger partial charge in [-0.1, -0.05) is 26.2 Å². The molecule has 1 aromatic carbocycles. The summed E-state index contributed by atoms with van der Waals surface area (Å²) in [6.07, 6.45) is 8.45. The molecule has 2 fully saturated rings. The van der Waals surface area contributed by atoms with Crippen molar-refractivity contribution in [3.63, 3.8) is 0 Å². The summed E-state index contributed by atoms with van der Waals surface area (Å²) in [6, 6.07) is 7.07. The van der Waals surface area contributed by atoms with Crippen LogP contribution >= 0.6 is 0 Å². The highest BCUT2D eigenvalue weighted by Crippen LogP contribution is 2.38. The minimum atomic E-state index is -0.0867. The van der Waals surface area contributed by atoms with Gasteiger partial charge in [-0.3, -0.25) is 9.59 Å². The van der Waals surface area contributed by atoms with E-state index in [1.54, 1.807) is 24.3 Å². The fourth-order valence-corrected chi connectivity index (χ4v) is 3.49. The third-order valence-electron chi connectivity index (χ3n) is 5.37. The summed E-state index contributed by atoms with van der Waals surface area (Å²) in [5, 5.41) is 5.83. The monoisotopic (exact) mass is 358 g/mol. The van der Waals surface area contributed by atoms with Crippen molar-refractivity contribution < 1.29 is 14.3 Å². The van der Waals surface area contributed by atoms with Crippen molar-refractivity contribution in [3.05, 3.63) is 29.8 Å². The zero-order valence-electron chi connectivity index (χ0n) is 15.6. The van der Waals surface area contributed by atoms with Crippen LogP contribution in [0.15, 0.2) is 24.3 Å². The molecule has 2 saturated carbocycles. The molecule has 0 unspecified atom stereocenters. The number of benzene rings is 1. The van der Waals surface area contributed by atoms with Crippen LogP contribution in [-0.4, -0.2) is 31.1 Å². The summed E-state index contributed by atoms with van der Waals surface area (Å²) in [5.74, 6) is 0.625. The van der Waals surface area contributed by atoms with Crippen molar-refractivity contribution in [2.75, 3.05) is 18.5 Å². The molecule has 0 radical (unpaired) electrons. The second kappa shape index (κ2) is 9.17. The number of ether oxygens (including phenoxy) is 1. The van der Waals surface area contributed by atoms with Crippen LogP contribution in [0.4, 0.5) is 5.69 Å². The van der Waals surface area contributed by atoms with Gasteiger partial charge in [-0.2, -0.15) is 0 Å². The Morgan fingerprint density at radius 3 is 2.46 bits per heavy atom. The molecule has 0 bridgehead atoms. The normalized spacial score (nSPS) is 22.7. The highest BCUT2D eigenvalue weighted by Gasteiger charge is 2.39. The van der Waals surface area contributed by atoms with Gasteiger partial charge in [0.1, 0.15) is 0 Å². The predicted molar refractivity (Wildman–Crippen MR) is 102 cm³/mol. The first-order valence-corrected chi connectivity index (χ1v) is 9.94. The third kappa shape index (κ3) is 5.56. The van der Waals surface area contributed by atoms with Crippen molar-refractivity contribution in [1.29, 1.82) is 0 Å². The standard InChI is InChI=1S/C21H30N2O3/c1-15-14-19(15)21(25)23-17-10-8-16(9-11-17)20(24)22-12-5-13-26-18-6-3-2-4-7-18/h8-11,15,18-19H,2-7,12-14H2,1H3,(H,22,24)(H,23,25)/t15-,19+/m1/s1. The van der Waals surface area contributed by atoms with Crippen LogP contribution in [0.25, 0.3) is 0 Å². The van der Waals surface area contributed by atoms with E-state index in [4.69, 9.17) is 4.74 Å².